The monoisotopic (exact) mass is 227 g/mol. The van der Waals surface area contributed by atoms with E-state index < -0.39 is 0 Å². The van der Waals surface area contributed by atoms with Crippen molar-refractivity contribution in [2.75, 3.05) is 26.9 Å². The van der Waals surface area contributed by atoms with Crippen LogP contribution in [-0.2, 0) is 9.47 Å². The second kappa shape index (κ2) is 10.8. The van der Waals surface area contributed by atoms with Crippen LogP contribution in [0.25, 0.3) is 0 Å². The first-order valence-corrected chi connectivity index (χ1v) is 6.02. The van der Waals surface area contributed by atoms with Crippen LogP contribution in [-0.4, -0.2) is 32.6 Å². The highest BCUT2D eigenvalue weighted by molar-refractivity contribution is 5.86. The van der Waals surface area contributed by atoms with Crippen molar-refractivity contribution in [1.29, 1.82) is 0 Å². The summed E-state index contributed by atoms with van der Waals surface area (Å²) in [7, 11) is 1.68. The molecule has 0 aliphatic heterocycles. The number of methoxy groups -OCH3 is 1. The lowest BCUT2D eigenvalue weighted by Crippen LogP contribution is -2.11. The third-order valence-electron chi connectivity index (χ3n) is 2.26. The molecule has 0 bridgehead atoms. The topological polar surface area (TPSA) is 30.8 Å². The van der Waals surface area contributed by atoms with Crippen molar-refractivity contribution < 1.29 is 9.47 Å². The fourth-order valence-electron chi connectivity index (χ4n) is 1.09. The van der Waals surface area contributed by atoms with E-state index in [4.69, 9.17) is 9.47 Å². The lowest BCUT2D eigenvalue weighted by molar-refractivity contribution is 0.0895. The molecule has 0 aliphatic rings. The summed E-state index contributed by atoms with van der Waals surface area (Å²) in [5.74, 6) is 0. The van der Waals surface area contributed by atoms with Crippen LogP contribution in [0.5, 0.6) is 0 Å². The normalized spacial score (nSPS) is 13.2. The first kappa shape index (κ1) is 15.3. The molecule has 0 radical (unpaired) electrons. The number of nitrogens with zero attached hydrogens (tertiary/aromatic N) is 1. The number of ether oxygens (including phenoxy) is 2. The average molecular weight is 227 g/mol. The second-order valence-corrected chi connectivity index (χ2v) is 3.82. The van der Waals surface area contributed by atoms with Crippen molar-refractivity contribution in [3.05, 3.63) is 11.8 Å². The quantitative estimate of drug-likeness (QED) is 0.447. The molecule has 0 saturated heterocycles. The molecule has 0 spiro atoms. The minimum Gasteiger partial charge on any atom is -0.382 e. The molecule has 16 heavy (non-hydrogen) atoms. The van der Waals surface area contributed by atoms with Crippen LogP contribution in [0.3, 0.4) is 0 Å². The van der Waals surface area contributed by atoms with Gasteiger partial charge >= 0.3 is 0 Å². The van der Waals surface area contributed by atoms with Crippen LogP contribution in [0.15, 0.2) is 16.8 Å². The van der Waals surface area contributed by atoms with E-state index in [1.54, 1.807) is 7.11 Å². The summed E-state index contributed by atoms with van der Waals surface area (Å²) in [5, 5.41) is 0. The highest BCUT2D eigenvalue weighted by Gasteiger charge is 1.97. The fraction of sp³-hybridized carbons (Fsp3) is 0.769. The summed E-state index contributed by atoms with van der Waals surface area (Å²) in [4.78, 5) is 4.47. The van der Waals surface area contributed by atoms with E-state index in [1.165, 1.54) is 5.57 Å². The third kappa shape index (κ3) is 8.62. The van der Waals surface area contributed by atoms with E-state index in [-0.39, 0.29) is 0 Å². The molecule has 0 saturated carbocycles. The highest BCUT2D eigenvalue weighted by atomic mass is 16.5. The summed E-state index contributed by atoms with van der Waals surface area (Å²) in [6, 6.07) is 0. The molecule has 0 amide bonds. The number of allylic oxidation sites excluding steroid dienone is 1. The van der Waals surface area contributed by atoms with Gasteiger partial charge in [-0.3, -0.25) is 4.99 Å². The van der Waals surface area contributed by atoms with Gasteiger partial charge in [0.25, 0.3) is 0 Å². The highest BCUT2D eigenvalue weighted by Crippen LogP contribution is 2.01. The Kier molecular flexibility index (Phi) is 10.4. The summed E-state index contributed by atoms with van der Waals surface area (Å²) >= 11 is 0. The van der Waals surface area contributed by atoms with E-state index in [0.29, 0.717) is 19.8 Å². The molecular weight excluding hydrogens is 202 g/mol. The van der Waals surface area contributed by atoms with Gasteiger partial charge in [-0.2, -0.15) is 0 Å². The van der Waals surface area contributed by atoms with Gasteiger partial charge in [-0.1, -0.05) is 25.8 Å². The van der Waals surface area contributed by atoms with Crippen molar-refractivity contribution >= 4 is 5.71 Å². The van der Waals surface area contributed by atoms with Crippen molar-refractivity contribution in [2.24, 2.45) is 4.99 Å². The van der Waals surface area contributed by atoms with Crippen molar-refractivity contribution in [1.82, 2.24) is 0 Å². The Bertz CT molecular complexity index is 222. The molecule has 0 aliphatic carbocycles. The minimum atomic E-state index is 0.616. The first-order chi connectivity index (χ1) is 7.74. The Morgan fingerprint density at radius 3 is 2.56 bits per heavy atom. The Labute approximate surface area is 99.6 Å². The molecule has 94 valence electrons. The third-order valence-corrected chi connectivity index (χ3v) is 2.26. The van der Waals surface area contributed by atoms with E-state index in [0.717, 1.165) is 25.0 Å². The Morgan fingerprint density at radius 1 is 1.25 bits per heavy atom. The Balaban J connectivity index is 4.05. The lowest BCUT2D eigenvalue weighted by atomic mass is 10.2. The molecule has 0 heterocycles. The van der Waals surface area contributed by atoms with Gasteiger partial charge in [0.2, 0.25) is 0 Å². The number of aliphatic imine (C=N–C) groups is 1. The molecule has 0 unspecified atom stereocenters. The summed E-state index contributed by atoms with van der Waals surface area (Å²) in [5.41, 5.74) is 2.41. The largest absolute Gasteiger partial charge is 0.382 e. The summed E-state index contributed by atoms with van der Waals surface area (Å²) in [6.45, 7) is 8.28. The van der Waals surface area contributed by atoms with Gasteiger partial charge in [-0.05, 0) is 19.8 Å². The molecular formula is C13H25NO2. The van der Waals surface area contributed by atoms with Crippen LogP contribution in [0.1, 0.15) is 40.0 Å². The molecule has 0 aromatic heterocycles. The Morgan fingerprint density at radius 2 is 2.00 bits per heavy atom. The van der Waals surface area contributed by atoms with Gasteiger partial charge in [0, 0.05) is 19.0 Å². The zero-order chi connectivity index (χ0) is 12.2. The molecule has 0 rings (SSSR count). The van der Waals surface area contributed by atoms with Crippen LogP contribution in [0.4, 0.5) is 0 Å². The molecule has 0 aromatic carbocycles. The number of hydrogen-bond acceptors (Lipinski definition) is 3. The van der Waals surface area contributed by atoms with Gasteiger partial charge < -0.3 is 9.47 Å². The molecule has 3 heteroatoms. The van der Waals surface area contributed by atoms with Gasteiger partial charge in [-0.15, -0.1) is 0 Å². The van der Waals surface area contributed by atoms with E-state index in [2.05, 4.69) is 25.8 Å². The minimum absolute atomic E-state index is 0.616. The van der Waals surface area contributed by atoms with Crippen molar-refractivity contribution in [3.8, 4) is 0 Å². The SMILES string of the molecule is CCC/C(COCCOC)=N\C=C(/C)CC. The number of rotatable bonds is 9. The maximum atomic E-state index is 5.47. The van der Waals surface area contributed by atoms with Gasteiger partial charge in [0.15, 0.2) is 0 Å². The average Bonchev–Trinajstić information content (AvgIpc) is 2.30. The zero-order valence-electron chi connectivity index (χ0n) is 11.1. The molecule has 3 nitrogen and oxygen atoms in total. The molecule has 0 N–H and O–H groups in total. The second-order valence-electron chi connectivity index (χ2n) is 3.82. The predicted molar refractivity (Wildman–Crippen MR) is 69.1 cm³/mol. The van der Waals surface area contributed by atoms with Gasteiger partial charge in [0.05, 0.1) is 19.8 Å². The molecule has 0 atom stereocenters. The van der Waals surface area contributed by atoms with Crippen LogP contribution < -0.4 is 0 Å². The standard InChI is InChI=1S/C13H25NO2/c1-5-7-13(11-16-9-8-15-4)14-10-12(3)6-2/h10H,5-9,11H2,1-4H3/b12-10+,14-13+. The zero-order valence-corrected chi connectivity index (χ0v) is 11.1. The van der Waals surface area contributed by atoms with Crippen molar-refractivity contribution in [2.45, 2.75) is 40.0 Å². The maximum absolute atomic E-state index is 5.47. The van der Waals surface area contributed by atoms with Gasteiger partial charge in [-0.25, -0.2) is 0 Å². The van der Waals surface area contributed by atoms with Crippen LogP contribution in [0.2, 0.25) is 0 Å². The summed E-state index contributed by atoms with van der Waals surface area (Å²) < 4.78 is 10.4. The predicted octanol–water partition coefficient (Wildman–Crippen LogP) is 3.20. The first-order valence-electron chi connectivity index (χ1n) is 6.02. The van der Waals surface area contributed by atoms with Crippen molar-refractivity contribution in [3.63, 3.8) is 0 Å². The smallest absolute Gasteiger partial charge is 0.0849 e. The van der Waals surface area contributed by atoms with Crippen LogP contribution in [0, 0.1) is 0 Å². The van der Waals surface area contributed by atoms with Crippen LogP contribution >= 0.6 is 0 Å². The number of hydrogen-bond donors (Lipinski definition) is 0. The van der Waals surface area contributed by atoms with E-state index >= 15 is 0 Å². The molecule has 0 fully saturated rings. The van der Waals surface area contributed by atoms with E-state index in [9.17, 15) is 0 Å². The van der Waals surface area contributed by atoms with Gasteiger partial charge in [0.1, 0.15) is 0 Å². The fourth-order valence-corrected chi connectivity index (χ4v) is 1.09. The summed E-state index contributed by atoms with van der Waals surface area (Å²) in [6.07, 6.45) is 5.10. The maximum Gasteiger partial charge on any atom is 0.0849 e. The molecule has 0 aromatic rings. The lowest BCUT2D eigenvalue weighted by Gasteiger charge is -2.05. The Hall–Kier alpha value is -0.670. The van der Waals surface area contributed by atoms with E-state index in [1.807, 2.05) is 6.20 Å².